The molecule has 0 radical (unpaired) electrons. The van der Waals surface area contributed by atoms with Crippen molar-refractivity contribution in [3.05, 3.63) is 22.8 Å². The van der Waals surface area contributed by atoms with Crippen LogP contribution < -0.4 is 0 Å². The molecule has 110 valence electrons. The number of hydrogen-bond donors (Lipinski definition) is 0. The van der Waals surface area contributed by atoms with Crippen LogP contribution in [0.25, 0.3) is 0 Å². The van der Waals surface area contributed by atoms with Gasteiger partial charge in [0.2, 0.25) is 0 Å². The molecule has 0 saturated heterocycles. The van der Waals surface area contributed by atoms with Gasteiger partial charge in [0.05, 0.1) is 5.57 Å². The minimum absolute atomic E-state index is 0.112. The van der Waals surface area contributed by atoms with Crippen LogP contribution in [0.5, 0.6) is 0 Å². The van der Waals surface area contributed by atoms with E-state index in [9.17, 15) is 13.2 Å². The molecule has 0 aromatic carbocycles. The van der Waals surface area contributed by atoms with Gasteiger partial charge >= 0.3 is 6.18 Å². The maximum atomic E-state index is 13.2. The molecule has 0 bridgehead atoms. The molecule has 0 heterocycles. The average molecular weight is 274 g/mol. The van der Waals surface area contributed by atoms with E-state index in [0.29, 0.717) is 12.0 Å². The molecule has 0 amide bonds. The van der Waals surface area contributed by atoms with Gasteiger partial charge in [0.25, 0.3) is 0 Å². The van der Waals surface area contributed by atoms with Crippen molar-refractivity contribution in [1.29, 1.82) is 0 Å². The summed E-state index contributed by atoms with van der Waals surface area (Å²) in [6.45, 7) is 6.03. The molecule has 0 aliphatic heterocycles. The van der Waals surface area contributed by atoms with Gasteiger partial charge < -0.3 is 0 Å². The summed E-state index contributed by atoms with van der Waals surface area (Å²) in [5.41, 5.74) is 1.25. The Morgan fingerprint density at radius 2 is 1.63 bits per heavy atom. The van der Waals surface area contributed by atoms with Gasteiger partial charge in [0.15, 0.2) is 0 Å². The first kappa shape index (κ1) is 16.3. The maximum absolute atomic E-state index is 13.2. The lowest BCUT2D eigenvalue weighted by Gasteiger charge is -2.27. The summed E-state index contributed by atoms with van der Waals surface area (Å²) in [7, 11) is 0. The molecule has 0 atom stereocenters. The highest BCUT2D eigenvalue weighted by atomic mass is 19.4. The lowest BCUT2D eigenvalue weighted by atomic mass is 9.80. The van der Waals surface area contributed by atoms with Crippen LogP contribution in [0.15, 0.2) is 22.8 Å². The highest BCUT2D eigenvalue weighted by molar-refractivity contribution is 5.38. The van der Waals surface area contributed by atoms with Gasteiger partial charge in [0, 0.05) is 0 Å². The first-order chi connectivity index (χ1) is 8.93. The molecule has 0 saturated carbocycles. The van der Waals surface area contributed by atoms with Gasteiger partial charge in [-0.2, -0.15) is 13.2 Å². The van der Waals surface area contributed by atoms with E-state index in [1.165, 1.54) is 6.08 Å². The second-order valence-electron chi connectivity index (χ2n) is 5.37. The number of alkyl halides is 3. The molecule has 0 unspecified atom stereocenters. The number of allylic oxidation sites excluding steroid dienone is 4. The summed E-state index contributed by atoms with van der Waals surface area (Å²) in [4.78, 5) is 0. The lowest BCUT2D eigenvalue weighted by Crippen LogP contribution is -2.20. The standard InChI is InChI=1S/C16H25F3/c1-4-7-13(8-5-2)14-10-9-12(6-3)11-15(14)16(17,18)19/h11,13H,4-10H2,1-3H3. The predicted molar refractivity (Wildman–Crippen MR) is 74.0 cm³/mol. The smallest absolute Gasteiger partial charge is 0.166 e. The average Bonchev–Trinajstić information content (AvgIpc) is 2.37. The molecule has 0 N–H and O–H groups in total. The highest BCUT2D eigenvalue weighted by Gasteiger charge is 2.37. The van der Waals surface area contributed by atoms with Gasteiger partial charge in [0.1, 0.15) is 0 Å². The van der Waals surface area contributed by atoms with E-state index in [1.54, 1.807) is 0 Å². The fourth-order valence-corrected chi connectivity index (χ4v) is 2.96. The minimum Gasteiger partial charge on any atom is -0.166 e. The molecule has 0 nitrogen and oxygen atoms in total. The van der Waals surface area contributed by atoms with Crippen LogP contribution in [0.1, 0.15) is 65.7 Å². The quantitative estimate of drug-likeness (QED) is 0.541. The molecule has 19 heavy (non-hydrogen) atoms. The minimum atomic E-state index is -4.20. The van der Waals surface area contributed by atoms with Crippen LogP contribution >= 0.6 is 0 Å². The van der Waals surface area contributed by atoms with E-state index < -0.39 is 6.18 Å². The van der Waals surface area contributed by atoms with E-state index in [-0.39, 0.29) is 11.5 Å². The molecular weight excluding hydrogens is 249 g/mol. The summed E-state index contributed by atoms with van der Waals surface area (Å²) in [5, 5.41) is 0. The third-order valence-electron chi connectivity index (χ3n) is 3.94. The molecule has 0 aromatic rings. The Kier molecular flexibility index (Phi) is 6.15. The van der Waals surface area contributed by atoms with E-state index in [1.807, 2.05) is 20.8 Å². The number of rotatable bonds is 6. The van der Waals surface area contributed by atoms with Gasteiger partial charge in [-0.25, -0.2) is 0 Å². The van der Waals surface area contributed by atoms with Gasteiger partial charge in [-0.3, -0.25) is 0 Å². The number of halogens is 3. The fraction of sp³-hybridized carbons (Fsp3) is 0.750. The van der Waals surface area contributed by atoms with Gasteiger partial charge in [-0.15, -0.1) is 0 Å². The van der Waals surface area contributed by atoms with E-state index in [0.717, 1.165) is 44.1 Å². The first-order valence-electron chi connectivity index (χ1n) is 7.43. The molecule has 1 aliphatic rings. The zero-order valence-electron chi connectivity index (χ0n) is 12.2. The molecule has 0 aromatic heterocycles. The van der Waals surface area contributed by atoms with Gasteiger partial charge in [-0.05, 0) is 38.0 Å². The van der Waals surface area contributed by atoms with E-state index >= 15 is 0 Å². The molecule has 0 fully saturated rings. The Morgan fingerprint density at radius 3 is 2.05 bits per heavy atom. The fourth-order valence-electron chi connectivity index (χ4n) is 2.96. The summed E-state index contributed by atoms with van der Waals surface area (Å²) in [6, 6.07) is 0. The van der Waals surface area contributed by atoms with Crippen LogP contribution in [0.4, 0.5) is 13.2 Å². The Hall–Kier alpha value is -0.730. The Balaban J connectivity index is 3.14. The van der Waals surface area contributed by atoms with Crippen LogP contribution in [0.3, 0.4) is 0 Å². The topological polar surface area (TPSA) is 0 Å². The van der Waals surface area contributed by atoms with Crippen LogP contribution in [-0.2, 0) is 0 Å². The van der Waals surface area contributed by atoms with Crippen molar-refractivity contribution in [2.75, 3.05) is 0 Å². The summed E-state index contributed by atoms with van der Waals surface area (Å²) < 4.78 is 39.7. The Bertz CT molecular complexity index is 341. The predicted octanol–water partition coefficient (Wildman–Crippen LogP) is 6.19. The first-order valence-corrected chi connectivity index (χ1v) is 7.43. The molecule has 0 spiro atoms. The van der Waals surface area contributed by atoms with Crippen molar-refractivity contribution in [1.82, 2.24) is 0 Å². The van der Waals surface area contributed by atoms with Crippen LogP contribution in [0.2, 0.25) is 0 Å². The molecule has 1 aliphatic carbocycles. The van der Waals surface area contributed by atoms with Crippen molar-refractivity contribution < 1.29 is 13.2 Å². The van der Waals surface area contributed by atoms with Crippen LogP contribution in [-0.4, -0.2) is 6.18 Å². The van der Waals surface area contributed by atoms with E-state index in [2.05, 4.69) is 0 Å². The number of hydrogen-bond acceptors (Lipinski definition) is 0. The zero-order valence-corrected chi connectivity index (χ0v) is 12.2. The van der Waals surface area contributed by atoms with Crippen molar-refractivity contribution >= 4 is 0 Å². The summed E-state index contributed by atoms with van der Waals surface area (Å²) in [6.07, 6.45) is 2.98. The van der Waals surface area contributed by atoms with Crippen molar-refractivity contribution in [2.45, 2.75) is 71.9 Å². The van der Waals surface area contributed by atoms with Crippen molar-refractivity contribution in [3.8, 4) is 0 Å². The third kappa shape index (κ3) is 4.39. The normalized spacial score (nSPS) is 17.1. The lowest BCUT2D eigenvalue weighted by molar-refractivity contribution is -0.0900. The molecular formula is C16H25F3. The Morgan fingerprint density at radius 1 is 1.05 bits per heavy atom. The third-order valence-corrected chi connectivity index (χ3v) is 3.94. The van der Waals surface area contributed by atoms with Crippen molar-refractivity contribution in [2.24, 2.45) is 5.92 Å². The Labute approximate surface area is 114 Å². The zero-order chi connectivity index (χ0) is 14.5. The molecule has 3 heteroatoms. The van der Waals surface area contributed by atoms with E-state index in [4.69, 9.17) is 0 Å². The van der Waals surface area contributed by atoms with Crippen LogP contribution in [0, 0.1) is 5.92 Å². The summed E-state index contributed by atoms with van der Waals surface area (Å²) >= 11 is 0. The maximum Gasteiger partial charge on any atom is 0.416 e. The second-order valence-corrected chi connectivity index (χ2v) is 5.37. The van der Waals surface area contributed by atoms with Gasteiger partial charge in [-0.1, -0.05) is 50.8 Å². The SMILES string of the molecule is CCCC(CCC)C1=C(C(F)(F)F)C=C(CC)CC1. The molecule has 1 rings (SSSR count). The van der Waals surface area contributed by atoms with Crippen molar-refractivity contribution in [3.63, 3.8) is 0 Å². The largest absolute Gasteiger partial charge is 0.416 e. The second kappa shape index (κ2) is 7.16. The highest BCUT2D eigenvalue weighted by Crippen LogP contribution is 2.41. The summed E-state index contributed by atoms with van der Waals surface area (Å²) in [5.74, 6) is 0.112. The monoisotopic (exact) mass is 274 g/mol.